The maximum absolute atomic E-state index is 12.9. The third kappa shape index (κ3) is 2.40. The molecule has 1 aliphatic heterocycles. The Morgan fingerprint density at radius 1 is 1.22 bits per heavy atom. The van der Waals surface area contributed by atoms with Gasteiger partial charge in [-0.05, 0) is 37.5 Å². The lowest BCUT2D eigenvalue weighted by molar-refractivity contribution is 0.0596. The highest BCUT2D eigenvalue weighted by Gasteiger charge is 2.30. The second kappa shape index (κ2) is 5.53. The van der Waals surface area contributed by atoms with E-state index in [9.17, 15) is 4.79 Å². The first kappa shape index (κ1) is 14.0. The van der Waals surface area contributed by atoms with Crippen LogP contribution < -0.4 is 0 Å². The van der Waals surface area contributed by atoms with Gasteiger partial charge in [-0.25, -0.2) is 9.50 Å². The fourth-order valence-corrected chi connectivity index (χ4v) is 3.33. The molecular formula is C17H19N5O. The first-order valence-corrected chi connectivity index (χ1v) is 7.96. The molecule has 23 heavy (non-hydrogen) atoms. The molecule has 6 nitrogen and oxygen atoms in total. The van der Waals surface area contributed by atoms with Crippen molar-refractivity contribution in [2.75, 3.05) is 6.54 Å². The number of likely N-dealkylation sites (tertiary alicyclic amines) is 1. The van der Waals surface area contributed by atoms with E-state index in [1.807, 2.05) is 53.2 Å². The average Bonchev–Trinajstić information content (AvgIpc) is 3.22. The summed E-state index contributed by atoms with van der Waals surface area (Å²) in [5.41, 5.74) is 2.49. The van der Waals surface area contributed by atoms with Crippen LogP contribution in [0.25, 0.3) is 5.65 Å². The van der Waals surface area contributed by atoms with Crippen LogP contribution in [-0.4, -0.2) is 36.5 Å². The van der Waals surface area contributed by atoms with Crippen molar-refractivity contribution in [3.8, 4) is 0 Å². The van der Waals surface area contributed by atoms with Crippen LogP contribution in [0.2, 0.25) is 0 Å². The number of rotatable bonds is 2. The summed E-state index contributed by atoms with van der Waals surface area (Å²) in [5, 5.41) is 4.18. The maximum atomic E-state index is 12.9. The van der Waals surface area contributed by atoms with Crippen LogP contribution in [0.15, 0.2) is 42.9 Å². The molecule has 1 fully saturated rings. The van der Waals surface area contributed by atoms with E-state index >= 15 is 0 Å². The van der Waals surface area contributed by atoms with Crippen molar-refractivity contribution in [1.29, 1.82) is 0 Å². The van der Waals surface area contributed by atoms with Gasteiger partial charge in [-0.15, -0.1) is 0 Å². The van der Waals surface area contributed by atoms with Gasteiger partial charge in [0.15, 0.2) is 5.65 Å². The minimum absolute atomic E-state index is 0.0334. The van der Waals surface area contributed by atoms with Gasteiger partial charge >= 0.3 is 0 Å². The number of nitrogens with zero attached hydrogens (tertiary/aromatic N) is 5. The molecule has 1 saturated heterocycles. The van der Waals surface area contributed by atoms with Crippen LogP contribution in [0.3, 0.4) is 0 Å². The van der Waals surface area contributed by atoms with Gasteiger partial charge in [0.2, 0.25) is 0 Å². The lowest BCUT2D eigenvalue weighted by Crippen LogP contribution is -2.39. The molecule has 0 unspecified atom stereocenters. The standard InChI is InChI=1S/C17H19N5O/c1-20-10-4-6-15(20)17(23)21-11-3-2-5-14(21)13-8-12-22-16(19-13)7-9-18-22/h4,6-10,12,14H,2-3,5,11H2,1H3/t14-/m1/s1. The summed E-state index contributed by atoms with van der Waals surface area (Å²) < 4.78 is 3.62. The molecule has 0 aliphatic carbocycles. The summed E-state index contributed by atoms with van der Waals surface area (Å²) >= 11 is 0. The highest BCUT2D eigenvalue weighted by molar-refractivity contribution is 5.93. The van der Waals surface area contributed by atoms with Crippen LogP contribution in [0.1, 0.15) is 41.5 Å². The molecule has 6 heteroatoms. The molecule has 0 N–H and O–H groups in total. The molecule has 1 atom stereocenters. The first-order chi connectivity index (χ1) is 11.2. The molecule has 0 saturated carbocycles. The Morgan fingerprint density at radius 2 is 2.13 bits per heavy atom. The quantitative estimate of drug-likeness (QED) is 0.730. The van der Waals surface area contributed by atoms with Crippen molar-refractivity contribution in [1.82, 2.24) is 24.1 Å². The molecule has 4 rings (SSSR count). The minimum Gasteiger partial charge on any atom is -0.347 e. The number of hydrogen-bond acceptors (Lipinski definition) is 3. The van der Waals surface area contributed by atoms with Gasteiger partial charge in [-0.3, -0.25) is 4.79 Å². The summed E-state index contributed by atoms with van der Waals surface area (Å²) in [6, 6.07) is 7.67. The van der Waals surface area contributed by atoms with Gasteiger partial charge in [-0.2, -0.15) is 5.10 Å². The van der Waals surface area contributed by atoms with Crippen LogP contribution in [0.5, 0.6) is 0 Å². The Hall–Kier alpha value is -2.63. The zero-order chi connectivity index (χ0) is 15.8. The monoisotopic (exact) mass is 309 g/mol. The maximum Gasteiger partial charge on any atom is 0.271 e. The van der Waals surface area contributed by atoms with Gasteiger partial charge < -0.3 is 9.47 Å². The highest BCUT2D eigenvalue weighted by Crippen LogP contribution is 2.31. The molecule has 3 aromatic heterocycles. The molecule has 0 aromatic carbocycles. The number of aryl methyl sites for hydroxylation is 1. The third-order valence-corrected chi connectivity index (χ3v) is 4.55. The van der Waals surface area contributed by atoms with E-state index in [0.717, 1.165) is 42.8 Å². The third-order valence-electron chi connectivity index (χ3n) is 4.55. The molecule has 0 bridgehead atoms. The second-order valence-corrected chi connectivity index (χ2v) is 6.00. The number of carbonyl (C=O) groups is 1. The van der Waals surface area contributed by atoms with Gasteiger partial charge in [0.05, 0.1) is 17.9 Å². The number of carbonyl (C=O) groups excluding carboxylic acids is 1. The van der Waals surface area contributed by atoms with Crippen molar-refractivity contribution in [3.63, 3.8) is 0 Å². The van der Waals surface area contributed by atoms with Crippen LogP contribution in [0.4, 0.5) is 0 Å². The molecule has 1 aliphatic rings. The molecular weight excluding hydrogens is 290 g/mol. The fourth-order valence-electron chi connectivity index (χ4n) is 3.33. The van der Waals surface area contributed by atoms with Crippen LogP contribution in [0, 0.1) is 0 Å². The topological polar surface area (TPSA) is 55.4 Å². The molecule has 4 heterocycles. The van der Waals surface area contributed by atoms with E-state index in [2.05, 4.69) is 5.10 Å². The smallest absolute Gasteiger partial charge is 0.271 e. The fraction of sp³-hybridized carbons (Fsp3) is 0.353. The van der Waals surface area contributed by atoms with Gasteiger partial charge in [0.1, 0.15) is 5.69 Å². The Bertz CT molecular complexity index is 849. The number of fused-ring (bicyclic) bond motifs is 1. The van der Waals surface area contributed by atoms with Gasteiger partial charge in [0, 0.05) is 32.1 Å². The Balaban J connectivity index is 1.70. The Kier molecular flexibility index (Phi) is 3.37. The summed E-state index contributed by atoms with van der Waals surface area (Å²) in [5.74, 6) is 0.0809. The van der Waals surface area contributed by atoms with E-state index in [1.165, 1.54) is 0 Å². The van der Waals surface area contributed by atoms with E-state index in [4.69, 9.17) is 4.98 Å². The van der Waals surface area contributed by atoms with E-state index in [0.29, 0.717) is 0 Å². The van der Waals surface area contributed by atoms with Crippen molar-refractivity contribution >= 4 is 11.6 Å². The minimum atomic E-state index is 0.0334. The molecule has 0 spiro atoms. The lowest BCUT2D eigenvalue weighted by Gasteiger charge is -2.35. The average molecular weight is 309 g/mol. The zero-order valence-electron chi connectivity index (χ0n) is 13.1. The number of hydrogen-bond donors (Lipinski definition) is 0. The number of piperidine rings is 1. The summed E-state index contributed by atoms with van der Waals surface area (Å²) in [6.45, 7) is 0.779. The van der Waals surface area contributed by atoms with Crippen molar-refractivity contribution in [3.05, 3.63) is 54.2 Å². The van der Waals surface area contributed by atoms with Gasteiger partial charge in [0.25, 0.3) is 5.91 Å². The Labute approximate surface area is 134 Å². The second-order valence-electron chi connectivity index (χ2n) is 6.00. The molecule has 118 valence electrons. The predicted molar refractivity (Wildman–Crippen MR) is 86.0 cm³/mol. The number of amides is 1. The Morgan fingerprint density at radius 3 is 2.96 bits per heavy atom. The molecule has 1 amide bonds. The number of aromatic nitrogens is 4. The first-order valence-electron chi connectivity index (χ1n) is 7.96. The summed E-state index contributed by atoms with van der Waals surface area (Å²) in [6.07, 6.45) is 8.67. The van der Waals surface area contributed by atoms with Crippen molar-refractivity contribution in [2.45, 2.75) is 25.3 Å². The normalized spacial score (nSPS) is 18.5. The van der Waals surface area contributed by atoms with Crippen molar-refractivity contribution in [2.24, 2.45) is 7.05 Å². The molecule has 0 radical (unpaired) electrons. The van der Waals surface area contributed by atoms with E-state index in [1.54, 1.807) is 10.7 Å². The molecule has 3 aromatic rings. The summed E-state index contributed by atoms with van der Waals surface area (Å²) in [7, 11) is 1.91. The summed E-state index contributed by atoms with van der Waals surface area (Å²) in [4.78, 5) is 19.6. The SMILES string of the molecule is Cn1cccc1C(=O)N1CCCC[C@@H]1c1ccn2nccc2n1. The van der Waals surface area contributed by atoms with Crippen LogP contribution >= 0.6 is 0 Å². The zero-order valence-corrected chi connectivity index (χ0v) is 13.1. The van der Waals surface area contributed by atoms with E-state index in [-0.39, 0.29) is 11.9 Å². The predicted octanol–water partition coefficient (Wildman–Crippen LogP) is 2.44. The van der Waals surface area contributed by atoms with Crippen LogP contribution in [-0.2, 0) is 7.05 Å². The lowest BCUT2D eigenvalue weighted by atomic mass is 9.98. The van der Waals surface area contributed by atoms with Crippen molar-refractivity contribution < 1.29 is 4.79 Å². The van der Waals surface area contributed by atoms with E-state index < -0.39 is 0 Å². The largest absolute Gasteiger partial charge is 0.347 e. The highest BCUT2D eigenvalue weighted by atomic mass is 16.2. The van der Waals surface area contributed by atoms with Gasteiger partial charge in [-0.1, -0.05) is 0 Å².